The van der Waals surface area contributed by atoms with Crippen LogP contribution < -0.4 is 0 Å². The number of rotatable bonds is 4. The van der Waals surface area contributed by atoms with Gasteiger partial charge in [0.15, 0.2) is 0 Å². The van der Waals surface area contributed by atoms with Crippen LogP contribution in [0.1, 0.15) is 46.0 Å². The van der Waals surface area contributed by atoms with Gasteiger partial charge < -0.3 is 24.1 Å². The fourth-order valence-corrected chi connectivity index (χ4v) is 5.34. The van der Waals surface area contributed by atoms with Crippen LogP contribution in [0.3, 0.4) is 0 Å². The van der Waals surface area contributed by atoms with Crippen LogP contribution >= 0.6 is 0 Å². The largest absolute Gasteiger partial charge is 0.497 e. The summed E-state index contributed by atoms with van der Waals surface area (Å²) in [7, 11) is 3.26. The van der Waals surface area contributed by atoms with Crippen LogP contribution in [0.2, 0.25) is 0 Å². The van der Waals surface area contributed by atoms with E-state index in [0.29, 0.717) is 32.3 Å². The quantitative estimate of drug-likeness (QED) is 0.725. The van der Waals surface area contributed by atoms with Gasteiger partial charge >= 0.3 is 0 Å². The first kappa shape index (κ1) is 20.5. The predicted octanol–water partition coefficient (Wildman–Crippen LogP) is 3.27. The van der Waals surface area contributed by atoms with Crippen LogP contribution in [0.4, 0.5) is 0 Å². The molecule has 6 atom stereocenters. The number of methoxy groups -OCH3 is 2. The number of ketones is 1. The van der Waals surface area contributed by atoms with Gasteiger partial charge in [0, 0.05) is 18.3 Å². The molecule has 4 rings (SSSR count). The third-order valence-corrected chi connectivity index (χ3v) is 6.89. The summed E-state index contributed by atoms with van der Waals surface area (Å²) in [4.78, 5) is 13.6. The van der Waals surface area contributed by atoms with Crippen molar-refractivity contribution in [2.75, 3.05) is 20.8 Å². The Kier molecular flexibility index (Phi) is 5.76. The summed E-state index contributed by atoms with van der Waals surface area (Å²) >= 11 is 0. The van der Waals surface area contributed by atoms with Crippen molar-refractivity contribution in [1.29, 1.82) is 0 Å². The maximum absolute atomic E-state index is 13.6. The Balaban J connectivity index is 1.60. The number of aliphatic hydroxyl groups excluding tert-OH is 1. The molecule has 0 spiro atoms. The standard InChI is InChI=1S/C23H32O6/c1-12(2)5-6-13-16(24)8-7-14-22(25)21-15-9-18(26-3)19(27-4)10-17(15)28-11-20(21)29-23(13)14/h5,13-14,16,20-21,23-24H,6-11H2,1-4H3/t13?,14?,16?,20-,21+,23?/m1/s1. The van der Waals surface area contributed by atoms with E-state index < -0.39 is 6.10 Å². The molecule has 29 heavy (non-hydrogen) atoms. The van der Waals surface area contributed by atoms with E-state index in [1.807, 2.05) is 0 Å². The fourth-order valence-electron chi connectivity index (χ4n) is 5.34. The lowest BCUT2D eigenvalue weighted by atomic mass is 9.66. The Hall–Kier alpha value is -1.79. The van der Waals surface area contributed by atoms with Crippen molar-refractivity contribution in [3.05, 3.63) is 34.5 Å². The topological polar surface area (TPSA) is 74.2 Å². The van der Waals surface area contributed by atoms with Crippen LogP contribution in [-0.2, 0) is 23.7 Å². The van der Waals surface area contributed by atoms with E-state index in [-0.39, 0.29) is 35.7 Å². The van der Waals surface area contributed by atoms with Crippen molar-refractivity contribution in [2.24, 2.45) is 17.8 Å². The number of aliphatic hydroxyl groups is 1. The zero-order valence-electron chi connectivity index (χ0n) is 17.8. The van der Waals surface area contributed by atoms with Gasteiger partial charge in [-0.15, -0.1) is 0 Å². The molecule has 2 fully saturated rings. The van der Waals surface area contributed by atoms with Crippen molar-refractivity contribution in [3.63, 3.8) is 0 Å². The Morgan fingerprint density at radius 1 is 1.17 bits per heavy atom. The van der Waals surface area contributed by atoms with Gasteiger partial charge in [-0.2, -0.15) is 0 Å². The Morgan fingerprint density at radius 2 is 1.90 bits per heavy atom. The highest BCUT2D eigenvalue weighted by Gasteiger charge is 2.54. The van der Waals surface area contributed by atoms with Gasteiger partial charge in [0.2, 0.25) is 0 Å². The lowest BCUT2D eigenvalue weighted by Crippen LogP contribution is -2.58. The maximum atomic E-state index is 13.6. The third-order valence-electron chi connectivity index (χ3n) is 6.89. The monoisotopic (exact) mass is 404 g/mol. The number of fused-ring (bicyclic) bond motifs is 3. The first-order valence-electron chi connectivity index (χ1n) is 10.6. The number of ether oxygens (including phenoxy) is 4. The van der Waals surface area contributed by atoms with Crippen molar-refractivity contribution in [3.8, 4) is 0 Å². The van der Waals surface area contributed by atoms with E-state index in [1.54, 1.807) is 14.2 Å². The number of carbonyl (C=O) groups excluding carboxylic acids is 1. The number of Topliss-reactive ketones (excluding diaryl/α,β-unsaturated/α-hetero) is 1. The SMILES string of the molecule is COC1=C(OC)CC2=C(C1)OC[C@H]1OC3C(CCC(O)C3CC=C(C)C)C(=O)[C@@H]21. The van der Waals surface area contributed by atoms with Crippen LogP contribution in [0.5, 0.6) is 0 Å². The first-order chi connectivity index (χ1) is 13.9. The molecule has 0 amide bonds. The summed E-state index contributed by atoms with van der Waals surface area (Å²) in [6, 6.07) is 0. The van der Waals surface area contributed by atoms with Crippen molar-refractivity contribution >= 4 is 5.78 Å². The molecule has 2 aliphatic heterocycles. The van der Waals surface area contributed by atoms with Gasteiger partial charge in [-0.1, -0.05) is 11.6 Å². The van der Waals surface area contributed by atoms with Crippen molar-refractivity contribution < 1.29 is 28.8 Å². The summed E-state index contributed by atoms with van der Waals surface area (Å²) < 4.78 is 23.5. The van der Waals surface area contributed by atoms with Crippen LogP contribution in [0.15, 0.2) is 34.5 Å². The summed E-state index contributed by atoms with van der Waals surface area (Å²) in [6.07, 6.45) is 4.25. The van der Waals surface area contributed by atoms with E-state index in [9.17, 15) is 9.90 Å². The Labute approximate surface area is 172 Å². The van der Waals surface area contributed by atoms with E-state index in [0.717, 1.165) is 29.3 Å². The van der Waals surface area contributed by atoms with Gasteiger partial charge in [0.1, 0.15) is 35.8 Å². The molecule has 0 aromatic rings. The average Bonchev–Trinajstić information content (AvgIpc) is 2.71. The molecular formula is C23H32O6. The molecule has 1 saturated heterocycles. The zero-order chi connectivity index (χ0) is 20.7. The molecule has 2 heterocycles. The average molecular weight is 405 g/mol. The van der Waals surface area contributed by atoms with Gasteiger partial charge in [0.05, 0.1) is 38.8 Å². The van der Waals surface area contributed by atoms with Crippen LogP contribution in [0, 0.1) is 17.8 Å². The lowest BCUT2D eigenvalue weighted by Gasteiger charge is -2.50. The van der Waals surface area contributed by atoms with E-state index in [4.69, 9.17) is 18.9 Å². The highest BCUT2D eigenvalue weighted by Crippen LogP contribution is 2.48. The molecule has 4 aliphatic rings. The number of carbonyl (C=O) groups is 1. The summed E-state index contributed by atoms with van der Waals surface area (Å²) in [5, 5.41) is 10.6. The van der Waals surface area contributed by atoms with Gasteiger partial charge in [0.25, 0.3) is 0 Å². The zero-order valence-corrected chi connectivity index (χ0v) is 17.8. The fraction of sp³-hybridized carbons (Fsp3) is 0.696. The van der Waals surface area contributed by atoms with Gasteiger partial charge in [-0.05, 0) is 38.7 Å². The van der Waals surface area contributed by atoms with Crippen LogP contribution in [0.25, 0.3) is 0 Å². The molecule has 0 aromatic heterocycles. The minimum atomic E-state index is -0.433. The Morgan fingerprint density at radius 3 is 2.59 bits per heavy atom. The first-order valence-corrected chi connectivity index (χ1v) is 10.6. The molecule has 6 nitrogen and oxygen atoms in total. The molecule has 1 saturated carbocycles. The number of hydrogen-bond acceptors (Lipinski definition) is 6. The second kappa shape index (κ2) is 8.15. The second-order valence-electron chi connectivity index (χ2n) is 8.82. The molecule has 4 unspecified atom stereocenters. The van der Waals surface area contributed by atoms with Crippen molar-refractivity contribution in [1.82, 2.24) is 0 Å². The molecule has 2 aliphatic carbocycles. The van der Waals surface area contributed by atoms with E-state index >= 15 is 0 Å². The lowest BCUT2D eigenvalue weighted by molar-refractivity contribution is -0.190. The number of allylic oxidation sites excluding steroid dienone is 3. The summed E-state index contributed by atoms with van der Waals surface area (Å²) in [5.74, 6) is 2.08. The smallest absolute Gasteiger partial charge is 0.148 e. The Bertz CT molecular complexity index is 759. The predicted molar refractivity (Wildman–Crippen MR) is 107 cm³/mol. The van der Waals surface area contributed by atoms with Crippen LogP contribution in [-0.4, -0.2) is 50.0 Å². The molecule has 0 bridgehead atoms. The molecule has 0 radical (unpaired) electrons. The minimum Gasteiger partial charge on any atom is -0.497 e. The molecule has 6 heteroatoms. The molecule has 0 aromatic carbocycles. The maximum Gasteiger partial charge on any atom is 0.148 e. The second-order valence-corrected chi connectivity index (χ2v) is 8.82. The van der Waals surface area contributed by atoms with Gasteiger partial charge in [-0.25, -0.2) is 0 Å². The van der Waals surface area contributed by atoms with E-state index in [2.05, 4.69) is 19.9 Å². The normalized spacial score (nSPS) is 36.5. The molecular weight excluding hydrogens is 372 g/mol. The highest BCUT2D eigenvalue weighted by molar-refractivity contribution is 5.88. The van der Waals surface area contributed by atoms with Crippen molar-refractivity contribution in [2.45, 2.75) is 64.3 Å². The molecule has 160 valence electrons. The van der Waals surface area contributed by atoms with E-state index in [1.165, 1.54) is 5.57 Å². The third kappa shape index (κ3) is 3.61. The minimum absolute atomic E-state index is 0.0511. The highest BCUT2D eigenvalue weighted by atomic mass is 16.6. The summed E-state index contributed by atoms with van der Waals surface area (Å²) in [5.41, 5.74) is 2.19. The summed E-state index contributed by atoms with van der Waals surface area (Å²) in [6.45, 7) is 4.47. The number of hydrogen-bond donors (Lipinski definition) is 1. The van der Waals surface area contributed by atoms with Gasteiger partial charge in [-0.3, -0.25) is 4.79 Å². The molecule has 1 N–H and O–H groups in total.